The van der Waals surface area contributed by atoms with Crippen molar-refractivity contribution in [3.8, 4) is 11.5 Å². The van der Waals surface area contributed by atoms with E-state index in [0.29, 0.717) is 19.1 Å². The maximum Gasteiger partial charge on any atom is 0.148 e. The molecule has 5 heteroatoms. The molecule has 4 rings (SSSR count). The SMILES string of the molecule is Cc1ccccc1OCC(O)Cn1c(COc2ccc(C(C)C)c(C)c2)nc2ccccc21. The Kier molecular flexibility index (Phi) is 6.99. The molecule has 1 atom stereocenters. The highest BCUT2D eigenvalue weighted by Crippen LogP contribution is 2.25. The van der Waals surface area contributed by atoms with Crippen LogP contribution < -0.4 is 9.47 Å². The Morgan fingerprint density at radius 1 is 0.909 bits per heavy atom. The number of aryl methyl sites for hydroxylation is 2. The third-order valence-corrected chi connectivity index (χ3v) is 5.88. The van der Waals surface area contributed by atoms with E-state index in [1.165, 1.54) is 11.1 Å². The lowest BCUT2D eigenvalue weighted by Crippen LogP contribution is -2.25. The minimum atomic E-state index is -0.687. The van der Waals surface area contributed by atoms with Gasteiger partial charge in [0.15, 0.2) is 0 Å². The summed E-state index contributed by atoms with van der Waals surface area (Å²) in [5, 5.41) is 10.7. The van der Waals surface area contributed by atoms with Crippen molar-refractivity contribution in [2.75, 3.05) is 6.61 Å². The van der Waals surface area contributed by atoms with Gasteiger partial charge in [0.25, 0.3) is 0 Å². The van der Waals surface area contributed by atoms with Crippen molar-refractivity contribution >= 4 is 11.0 Å². The summed E-state index contributed by atoms with van der Waals surface area (Å²) in [6.07, 6.45) is -0.687. The first kappa shape index (κ1) is 22.9. The summed E-state index contributed by atoms with van der Waals surface area (Å²) >= 11 is 0. The third kappa shape index (κ3) is 5.37. The molecule has 1 unspecified atom stereocenters. The second-order valence-corrected chi connectivity index (χ2v) is 8.82. The second kappa shape index (κ2) is 10.1. The number of aromatic nitrogens is 2. The van der Waals surface area contributed by atoms with Crippen molar-refractivity contribution in [1.82, 2.24) is 9.55 Å². The van der Waals surface area contributed by atoms with E-state index in [1.807, 2.05) is 66.1 Å². The predicted molar refractivity (Wildman–Crippen MR) is 132 cm³/mol. The number of hydrogen-bond acceptors (Lipinski definition) is 4. The van der Waals surface area contributed by atoms with Crippen molar-refractivity contribution in [1.29, 1.82) is 0 Å². The van der Waals surface area contributed by atoms with Gasteiger partial charge in [-0.25, -0.2) is 4.98 Å². The maximum absolute atomic E-state index is 10.7. The molecule has 1 N–H and O–H groups in total. The molecule has 4 aromatic rings. The lowest BCUT2D eigenvalue weighted by Gasteiger charge is -2.17. The quantitative estimate of drug-likeness (QED) is 0.355. The average molecular weight is 445 g/mol. The number of aliphatic hydroxyl groups is 1. The summed E-state index contributed by atoms with van der Waals surface area (Å²) in [6.45, 7) is 9.39. The summed E-state index contributed by atoms with van der Waals surface area (Å²) in [7, 11) is 0. The molecule has 0 fully saturated rings. The van der Waals surface area contributed by atoms with Crippen molar-refractivity contribution < 1.29 is 14.6 Å². The van der Waals surface area contributed by atoms with Gasteiger partial charge >= 0.3 is 0 Å². The van der Waals surface area contributed by atoms with Gasteiger partial charge in [-0.15, -0.1) is 0 Å². The molecule has 0 aliphatic rings. The van der Waals surface area contributed by atoms with Crippen LogP contribution in [0.15, 0.2) is 66.7 Å². The van der Waals surface area contributed by atoms with Crippen LogP contribution in [0, 0.1) is 13.8 Å². The third-order valence-electron chi connectivity index (χ3n) is 5.88. The summed E-state index contributed by atoms with van der Waals surface area (Å²) in [4.78, 5) is 4.77. The Morgan fingerprint density at radius 3 is 2.42 bits per heavy atom. The summed E-state index contributed by atoms with van der Waals surface area (Å²) in [5.74, 6) is 2.86. The van der Waals surface area contributed by atoms with Crippen LogP contribution in [0.5, 0.6) is 11.5 Å². The van der Waals surface area contributed by atoms with Crippen molar-refractivity contribution in [3.63, 3.8) is 0 Å². The fourth-order valence-electron chi connectivity index (χ4n) is 4.14. The number of fused-ring (bicyclic) bond motifs is 1. The molecule has 172 valence electrons. The highest BCUT2D eigenvalue weighted by molar-refractivity contribution is 5.75. The van der Waals surface area contributed by atoms with Gasteiger partial charge in [-0.2, -0.15) is 0 Å². The Bertz CT molecular complexity index is 1230. The maximum atomic E-state index is 10.7. The highest BCUT2D eigenvalue weighted by atomic mass is 16.5. The van der Waals surface area contributed by atoms with Crippen LogP contribution in [0.1, 0.15) is 42.3 Å². The van der Waals surface area contributed by atoms with Crippen LogP contribution in [0.25, 0.3) is 11.0 Å². The smallest absolute Gasteiger partial charge is 0.148 e. The van der Waals surface area contributed by atoms with E-state index < -0.39 is 6.10 Å². The minimum absolute atomic E-state index is 0.202. The van der Waals surface area contributed by atoms with Gasteiger partial charge in [0.2, 0.25) is 0 Å². The van der Waals surface area contributed by atoms with Gasteiger partial charge in [-0.1, -0.05) is 50.2 Å². The standard InChI is InChI=1S/C28H32N2O3/c1-19(2)24-14-13-23(15-21(24)4)32-18-28-29-25-10-6-7-11-26(25)30(28)16-22(31)17-33-27-12-8-5-9-20(27)3/h5-15,19,22,31H,16-18H2,1-4H3. The molecule has 0 aliphatic carbocycles. The number of imidazole rings is 1. The number of rotatable bonds is 9. The normalized spacial score (nSPS) is 12.3. The van der Waals surface area contributed by atoms with Gasteiger partial charge < -0.3 is 19.1 Å². The molecule has 0 saturated carbocycles. The van der Waals surface area contributed by atoms with Gasteiger partial charge in [0.05, 0.1) is 17.6 Å². The van der Waals surface area contributed by atoms with Crippen LogP contribution in [0.4, 0.5) is 0 Å². The van der Waals surface area contributed by atoms with E-state index in [0.717, 1.165) is 33.9 Å². The lowest BCUT2D eigenvalue weighted by atomic mass is 9.98. The van der Waals surface area contributed by atoms with Crippen molar-refractivity contribution in [3.05, 3.63) is 89.2 Å². The monoisotopic (exact) mass is 444 g/mol. The zero-order valence-corrected chi connectivity index (χ0v) is 19.8. The van der Waals surface area contributed by atoms with E-state index in [2.05, 4.69) is 32.9 Å². The number of nitrogens with zero attached hydrogens (tertiary/aromatic N) is 2. The van der Waals surface area contributed by atoms with Crippen molar-refractivity contribution in [2.45, 2.75) is 52.9 Å². The van der Waals surface area contributed by atoms with E-state index in [1.54, 1.807) is 0 Å². The number of para-hydroxylation sites is 3. The molecule has 1 aromatic heterocycles. The summed E-state index contributed by atoms with van der Waals surface area (Å²) in [6, 6.07) is 22.0. The van der Waals surface area contributed by atoms with E-state index >= 15 is 0 Å². The Balaban J connectivity index is 1.49. The Hall–Kier alpha value is -3.31. The summed E-state index contributed by atoms with van der Waals surface area (Å²) in [5.41, 5.74) is 5.45. The Morgan fingerprint density at radius 2 is 1.67 bits per heavy atom. The van der Waals surface area contributed by atoms with Gasteiger partial charge in [0.1, 0.15) is 36.6 Å². The topological polar surface area (TPSA) is 56.5 Å². The molecule has 0 aliphatic heterocycles. The average Bonchev–Trinajstić information content (AvgIpc) is 3.14. The molecule has 0 amide bonds. The number of ether oxygens (including phenoxy) is 2. The van der Waals surface area contributed by atoms with Gasteiger partial charge in [-0.3, -0.25) is 0 Å². The first-order chi connectivity index (χ1) is 15.9. The highest BCUT2D eigenvalue weighted by Gasteiger charge is 2.16. The van der Waals surface area contributed by atoms with Gasteiger partial charge in [0, 0.05) is 0 Å². The number of hydrogen-bond donors (Lipinski definition) is 1. The van der Waals surface area contributed by atoms with E-state index in [-0.39, 0.29) is 6.61 Å². The van der Waals surface area contributed by atoms with Crippen molar-refractivity contribution in [2.24, 2.45) is 0 Å². The van der Waals surface area contributed by atoms with Crippen LogP contribution in [-0.4, -0.2) is 27.4 Å². The van der Waals surface area contributed by atoms with Crippen LogP contribution in [-0.2, 0) is 13.2 Å². The zero-order chi connectivity index (χ0) is 23.4. The van der Waals surface area contributed by atoms with Gasteiger partial charge in [-0.05, 0) is 66.8 Å². The first-order valence-electron chi connectivity index (χ1n) is 11.5. The summed E-state index contributed by atoms with van der Waals surface area (Å²) < 4.78 is 14.0. The van der Waals surface area contributed by atoms with Crippen LogP contribution in [0.3, 0.4) is 0 Å². The fourth-order valence-corrected chi connectivity index (χ4v) is 4.14. The molecule has 33 heavy (non-hydrogen) atoms. The van der Waals surface area contributed by atoms with E-state index in [4.69, 9.17) is 14.5 Å². The predicted octanol–water partition coefficient (Wildman–Crippen LogP) is 5.80. The number of benzene rings is 3. The number of aliphatic hydroxyl groups excluding tert-OH is 1. The second-order valence-electron chi connectivity index (χ2n) is 8.82. The molecule has 3 aromatic carbocycles. The molecule has 1 heterocycles. The molecule has 0 bridgehead atoms. The molecule has 0 saturated heterocycles. The lowest BCUT2D eigenvalue weighted by molar-refractivity contribution is 0.0914. The van der Waals surface area contributed by atoms with Crippen LogP contribution >= 0.6 is 0 Å². The largest absolute Gasteiger partial charge is 0.491 e. The zero-order valence-electron chi connectivity index (χ0n) is 19.8. The molecular formula is C28H32N2O3. The molecule has 0 spiro atoms. The molecule has 0 radical (unpaired) electrons. The Labute approximate surface area is 195 Å². The minimum Gasteiger partial charge on any atom is -0.491 e. The van der Waals surface area contributed by atoms with Crippen LogP contribution in [0.2, 0.25) is 0 Å². The molecule has 5 nitrogen and oxygen atoms in total. The first-order valence-corrected chi connectivity index (χ1v) is 11.5. The molecular weight excluding hydrogens is 412 g/mol. The fraction of sp³-hybridized carbons (Fsp3) is 0.321. The van der Waals surface area contributed by atoms with E-state index in [9.17, 15) is 5.11 Å².